The number of alkyl halides is 2. The molecule has 3 fully saturated rings. The molecule has 1 saturated carbocycles. The highest BCUT2D eigenvalue weighted by Crippen LogP contribution is 2.35. The van der Waals surface area contributed by atoms with Crippen LogP contribution in [0.5, 0.6) is 0 Å². The van der Waals surface area contributed by atoms with Crippen LogP contribution < -0.4 is 5.32 Å². The second kappa shape index (κ2) is 4.44. The number of ether oxygens (including phenoxy) is 1. The molecule has 98 valence electrons. The Morgan fingerprint density at radius 2 is 1.88 bits per heavy atom. The molecule has 0 bridgehead atoms. The molecular formula is C12H20F2N2O. The van der Waals surface area contributed by atoms with E-state index in [-0.39, 0.29) is 0 Å². The van der Waals surface area contributed by atoms with E-state index in [1.54, 1.807) is 0 Å². The van der Waals surface area contributed by atoms with Gasteiger partial charge in [-0.05, 0) is 19.3 Å². The summed E-state index contributed by atoms with van der Waals surface area (Å²) in [5.41, 5.74) is -0.468. The van der Waals surface area contributed by atoms with Crippen LogP contribution >= 0.6 is 0 Å². The average molecular weight is 246 g/mol. The van der Waals surface area contributed by atoms with E-state index >= 15 is 0 Å². The first-order valence-corrected chi connectivity index (χ1v) is 6.64. The summed E-state index contributed by atoms with van der Waals surface area (Å²) in [6, 6.07) is 0.766. The summed E-state index contributed by atoms with van der Waals surface area (Å²) in [5.74, 6) is 0. The predicted molar refractivity (Wildman–Crippen MR) is 60.1 cm³/mol. The highest BCUT2D eigenvalue weighted by Gasteiger charge is 2.44. The molecule has 2 aliphatic heterocycles. The quantitative estimate of drug-likeness (QED) is 0.800. The maximum atomic E-state index is 12.7. The Morgan fingerprint density at radius 1 is 1.18 bits per heavy atom. The van der Waals surface area contributed by atoms with Crippen LogP contribution in [0.2, 0.25) is 0 Å². The van der Waals surface area contributed by atoms with Crippen molar-refractivity contribution in [3.05, 3.63) is 0 Å². The maximum Gasteiger partial charge on any atom is 0.264 e. The van der Waals surface area contributed by atoms with Gasteiger partial charge in [-0.25, -0.2) is 8.78 Å². The third-order valence-corrected chi connectivity index (χ3v) is 4.20. The van der Waals surface area contributed by atoms with Crippen molar-refractivity contribution in [3.8, 4) is 0 Å². The molecule has 3 nitrogen and oxygen atoms in total. The SMILES string of the molecule is FC(F)C1CCNC2(CCN(C3CC3)CC2)O1. The summed E-state index contributed by atoms with van der Waals surface area (Å²) >= 11 is 0. The van der Waals surface area contributed by atoms with Gasteiger partial charge in [0.2, 0.25) is 0 Å². The molecule has 5 heteroatoms. The second-order valence-corrected chi connectivity index (χ2v) is 5.47. The molecule has 2 heterocycles. The highest BCUT2D eigenvalue weighted by molar-refractivity contribution is 4.94. The van der Waals surface area contributed by atoms with Crippen molar-refractivity contribution in [3.63, 3.8) is 0 Å². The highest BCUT2D eigenvalue weighted by atomic mass is 19.3. The molecule has 0 radical (unpaired) electrons. The number of halogens is 2. The number of likely N-dealkylation sites (tertiary alicyclic amines) is 1. The minimum atomic E-state index is -2.35. The molecule has 3 rings (SSSR count). The molecule has 1 unspecified atom stereocenters. The van der Waals surface area contributed by atoms with E-state index in [1.807, 2.05) is 0 Å². The van der Waals surface area contributed by atoms with Gasteiger partial charge >= 0.3 is 0 Å². The number of piperidine rings is 1. The zero-order valence-corrected chi connectivity index (χ0v) is 10.0. The monoisotopic (exact) mass is 246 g/mol. The normalized spacial score (nSPS) is 34.4. The Labute approximate surface area is 100 Å². The molecule has 0 aromatic carbocycles. The van der Waals surface area contributed by atoms with Gasteiger partial charge in [0.25, 0.3) is 6.43 Å². The Hall–Kier alpha value is -0.260. The fraction of sp³-hybridized carbons (Fsp3) is 1.00. The van der Waals surface area contributed by atoms with E-state index in [0.29, 0.717) is 13.0 Å². The lowest BCUT2D eigenvalue weighted by Crippen LogP contribution is -2.61. The molecule has 1 atom stereocenters. The number of hydrogen-bond acceptors (Lipinski definition) is 3. The molecular weight excluding hydrogens is 226 g/mol. The van der Waals surface area contributed by atoms with Gasteiger partial charge in [-0.15, -0.1) is 0 Å². The fourth-order valence-corrected chi connectivity index (χ4v) is 2.99. The molecule has 0 amide bonds. The van der Waals surface area contributed by atoms with E-state index in [4.69, 9.17) is 4.74 Å². The third-order valence-electron chi connectivity index (χ3n) is 4.20. The first-order valence-electron chi connectivity index (χ1n) is 6.64. The molecule has 17 heavy (non-hydrogen) atoms. The molecule has 1 aliphatic carbocycles. The maximum absolute atomic E-state index is 12.7. The van der Waals surface area contributed by atoms with Gasteiger partial charge < -0.3 is 9.64 Å². The van der Waals surface area contributed by atoms with Gasteiger partial charge in [-0.2, -0.15) is 0 Å². The summed E-state index contributed by atoms with van der Waals surface area (Å²) in [6.07, 6.45) is 1.49. The summed E-state index contributed by atoms with van der Waals surface area (Å²) < 4.78 is 31.1. The number of nitrogens with zero attached hydrogens (tertiary/aromatic N) is 1. The van der Waals surface area contributed by atoms with E-state index in [2.05, 4.69) is 10.2 Å². The van der Waals surface area contributed by atoms with Crippen molar-refractivity contribution in [2.24, 2.45) is 0 Å². The van der Waals surface area contributed by atoms with Crippen molar-refractivity contribution in [2.45, 2.75) is 56.4 Å². The molecule has 1 N–H and O–H groups in total. The number of hydrogen-bond donors (Lipinski definition) is 1. The van der Waals surface area contributed by atoms with Crippen molar-refractivity contribution in [1.82, 2.24) is 10.2 Å². The second-order valence-electron chi connectivity index (χ2n) is 5.47. The van der Waals surface area contributed by atoms with Gasteiger partial charge in [0, 0.05) is 38.5 Å². The largest absolute Gasteiger partial charge is 0.351 e. The molecule has 0 aromatic rings. The average Bonchev–Trinajstić information content (AvgIpc) is 3.14. The predicted octanol–water partition coefficient (Wildman–Crippen LogP) is 1.58. The van der Waals surface area contributed by atoms with Crippen LogP contribution in [-0.4, -0.2) is 48.8 Å². The summed E-state index contributed by atoms with van der Waals surface area (Å²) in [6.45, 7) is 2.61. The standard InChI is InChI=1S/C12H20F2N2O/c13-11(14)10-3-6-15-12(17-10)4-7-16(8-5-12)9-1-2-9/h9-11,15H,1-8H2. The molecule has 2 saturated heterocycles. The summed E-state index contributed by atoms with van der Waals surface area (Å²) in [4.78, 5) is 2.47. The summed E-state index contributed by atoms with van der Waals surface area (Å²) in [7, 11) is 0. The van der Waals surface area contributed by atoms with Gasteiger partial charge in [-0.1, -0.05) is 0 Å². The van der Waals surface area contributed by atoms with Crippen molar-refractivity contribution < 1.29 is 13.5 Å². The Balaban J connectivity index is 1.58. The fourth-order valence-electron chi connectivity index (χ4n) is 2.99. The zero-order valence-electron chi connectivity index (χ0n) is 10.0. The van der Waals surface area contributed by atoms with Crippen molar-refractivity contribution in [1.29, 1.82) is 0 Å². The van der Waals surface area contributed by atoms with Crippen LogP contribution in [-0.2, 0) is 4.74 Å². The molecule has 3 aliphatic rings. The van der Waals surface area contributed by atoms with Crippen molar-refractivity contribution in [2.75, 3.05) is 19.6 Å². The topological polar surface area (TPSA) is 24.5 Å². The van der Waals surface area contributed by atoms with Crippen LogP contribution in [0.4, 0.5) is 8.78 Å². The van der Waals surface area contributed by atoms with Crippen molar-refractivity contribution >= 4 is 0 Å². The Morgan fingerprint density at radius 3 is 2.47 bits per heavy atom. The van der Waals surface area contributed by atoms with Crippen LogP contribution in [0.25, 0.3) is 0 Å². The van der Waals surface area contributed by atoms with Gasteiger partial charge in [-0.3, -0.25) is 5.32 Å². The van der Waals surface area contributed by atoms with Crippen LogP contribution in [0.1, 0.15) is 32.1 Å². The lowest BCUT2D eigenvalue weighted by Gasteiger charge is -2.47. The zero-order chi connectivity index (χ0) is 11.9. The lowest BCUT2D eigenvalue weighted by atomic mass is 9.97. The van der Waals surface area contributed by atoms with Gasteiger partial charge in [0.15, 0.2) is 0 Å². The van der Waals surface area contributed by atoms with E-state index < -0.39 is 18.3 Å². The van der Waals surface area contributed by atoms with E-state index in [0.717, 1.165) is 32.0 Å². The first-order chi connectivity index (χ1) is 8.19. The summed E-state index contributed by atoms with van der Waals surface area (Å²) in [5, 5.41) is 3.32. The first kappa shape index (κ1) is 11.8. The minimum Gasteiger partial charge on any atom is -0.351 e. The number of rotatable bonds is 2. The molecule has 0 aromatic heterocycles. The van der Waals surface area contributed by atoms with Crippen LogP contribution in [0.15, 0.2) is 0 Å². The smallest absolute Gasteiger partial charge is 0.264 e. The van der Waals surface area contributed by atoms with E-state index in [9.17, 15) is 8.78 Å². The Kier molecular flexibility index (Phi) is 3.09. The van der Waals surface area contributed by atoms with Gasteiger partial charge in [0.1, 0.15) is 11.8 Å². The minimum absolute atomic E-state index is 0.422. The van der Waals surface area contributed by atoms with E-state index in [1.165, 1.54) is 12.8 Å². The van der Waals surface area contributed by atoms with Gasteiger partial charge in [0.05, 0.1) is 0 Å². The number of nitrogens with one attached hydrogen (secondary N) is 1. The van der Waals surface area contributed by atoms with Crippen LogP contribution in [0, 0.1) is 0 Å². The Bertz CT molecular complexity index is 276. The molecule has 1 spiro atoms. The van der Waals surface area contributed by atoms with Crippen LogP contribution in [0.3, 0.4) is 0 Å². The third kappa shape index (κ3) is 2.46. The lowest BCUT2D eigenvalue weighted by molar-refractivity contribution is -0.201.